The third-order valence-corrected chi connectivity index (χ3v) is 18.6. The fourth-order valence-electron chi connectivity index (χ4n) is 15.3. The average molecular weight is 1380 g/mol. The van der Waals surface area contributed by atoms with Crippen LogP contribution in [0, 0.1) is 40.6 Å². The van der Waals surface area contributed by atoms with Crippen molar-refractivity contribution in [1.29, 1.82) is 0 Å². The van der Waals surface area contributed by atoms with Gasteiger partial charge in [-0.1, -0.05) is 15.5 Å². The number of carbonyl (C=O) groups is 9. The van der Waals surface area contributed by atoms with Crippen LogP contribution in [-0.2, 0) is 68.4 Å². The van der Waals surface area contributed by atoms with Gasteiger partial charge in [0.25, 0.3) is 5.89 Å². The average Bonchev–Trinajstić information content (AvgIpc) is 0.787. The van der Waals surface area contributed by atoms with Crippen molar-refractivity contribution in [3.05, 3.63) is 88.2 Å². The molecule has 12 heterocycles. The second-order valence-corrected chi connectivity index (χ2v) is 25.1. The minimum Gasteiger partial charge on any atom is -0.372 e. The van der Waals surface area contributed by atoms with Gasteiger partial charge in [-0.15, -0.1) is 0 Å². The van der Waals surface area contributed by atoms with Crippen LogP contribution in [0.15, 0.2) is 50.0 Å². The van der Waals surface area contributed by atoms with Gasteiger partial charge in [-0.2, -0.15) is 36.9 Å². The van der Waals surface area contributed by atoms with Gasteiger partial charge < -0.3 is 42.5 Å². The van der Waals surface area contributed by atoms with E-state index in [1.54, 1.807) is 62.3 Å². The molecule has 0 radical (unpaired) electrons. The number of morpholine rings is 3. The van der Waals surface area contributed by atoms with Gasteiger partial charge >= 0.3 is 36.6 Å². The summed E-state index contributed by atoms with van der Waals surface area (Å²) in [4.78, 5) is 130. The number of hydrogen-bond donors (Lipinski definition) is 6. The number of aromatic nitrogens is 6. The molecule has 30 nitrogen and oxygen atoms in total. The summed E-state index contributed by atoms with van der Waals surface area (Å²) in [5, 5.41) is 23.5. The number of imide groups is 6. The Labute approximate surface area is 545 Å². The number of halogens is 8. The summed E-state index contributed by atoms with van der Waals surface area (Å²) in [6.07, 6.45) is -11.5. The van der Waals surface area contributed by atoms with Crippen molar-refractivity contribution < 1.29 is 106 Å². The highest BCUT2D eigenvalue weighted by Gasteiger charge is 2.66. The Hall–Kier alpha value is -10.4. The van der Waals surface area contributed by atoms with Crippen LogP contribution in [0.3, 0.4) is 0 Å². The third-order valence-electron chi connectivity index (χ3n) is 18.6. The lowest BCUT2D eigenvalue weighted by Gasteiger charge is -2.55. The normalized spacial score (nSPS) is 26.4. The van der Waals surface area contributed by atoms with E-state index in [-0.39, 0.29) is 96.4 Å². The van der Waals surface area contributed by atoms with Crippen LogP contribution in [0.25, 0.3) is 34.2 Å². The van der Waals surface area contributed by atoms with E-state index in [9.17, 15) is 65.1 Å². The van der Waals surface area contributed by atoms with Crippen molar-refractivity contribution in [3.63, 3.8) is 0 Å². The topological polar surface area (TPSA) is 380 Å². The molecule has 516 valence electrons. The summed E-state index contributed by atoms with van der Waals surface area (Å²) in [6.45, 7) is 12.6. The van der Waals surface area contributed by atoms with E-state index in [1.165, 1.54) is 18.2 Å². The Bertz CT molecular complexity index is 4350. The first kappa shape index (κ1) is 66.3. The van der Waals surface area contributed by atoms with Gasteiger partial charge in [-0.3, -0.25) is 60.7 Å². The first-order chi connectivity index (χ1) is 46.2. The molecule has 0 unspecified atom stereocenters. The zero-order valence-electron chi connectivity index (χ0n) is 52.2. The number of amides is 12. The molecule has 9 aliphatic rings. The number of nitrogens with one attached hydrogen (secondary N) is 6. The number of alkyl halides is 5. The quantitative estimate of drug-likeness (QED) is 0.104. The highest BCUT2D eigenvalue weighted by Crippen LogP contribution is 2.52. The van der Waals surface area contributed by atoms with Gasteiger partial charge in [-0.25, -0.2) is 27.6 Å². The lowest BCUT2D eigenvalue weighted by atomic mass is 9.66. The van der Waals surface area contributed by atoms with Crippen molar-refractivity contribution in [2.45, 2.75) is 135 Å². The minimum atomic E-state index is -4.89. The Morgan fingerprint density at radius 3 is 1.05 bits per heavy atom. The number of fused-ring (bicyclic) bond motifs is 12. The Morgan fingerprint density at radius 2 is 0.765 bits per heavy atom. The Morgan fingerprint density at radius 1 is 0.459 bits per heavy atom. The van der Waals surface area contributed by atoms with Crippen LogP contribution in [0.2, 0.25) is 0 Å². The standard InChI is InChI=1S/C20H17F4N5O5.C20H18F3N5O5.C20H20FN5O5/c1-7-6-29-12-10(3-9(4-11(12)21)14-25-17(34-28-14)20(22,23)24)5-19(13(29)8(2)33-7)15(30)26-18(32)27-16(19)31;1-7-6-28-12-10(3-9(4-11(12)21)15-24-16(14(22)23)33-27-15)5-20(13(28)8(2)32-7)17(29)25-19(31)26-18(20)30;1-8-7-26-14-12(4-11(5-13(14)21)16-22-10(3)31-25-16)6-20(15(26)9(2)30-8)17(27)23-19(29)24-18(20)28/h3-4,7-8,13H,5-6H2,1-2H3,(H2,26,27,30,31,32);3-4,7-8,13-14H,5-6H2,1-2H3,(H2,25,26,29,30,31);4-5,8-9,15H,6-7H2,1-3H3,(H2,23,24,27,28,29)/t2*7-,8+,13-;8-,9+,15-/m111/s1. The van der Waals surface area contributed by atoms with E-state index in [0.29, 0.717) is 22.7 Å². The summed E-state index contributed by atoms with van der Waals surface area (Å²) < 4.78 is 142. The summed E-state index contributed by atoms with van der Waals surface area (Å²) in [5.41, 5.74) is -3.66. The molecule has 98 heavy (non-hydrogen) atoms. The number of anilines is 3. The molecular weight excluding hydrogens is 1320 g/mol. The fourth-order valence-corrected chi connectivity index (χ4v) is 15.3. The van der Waals surface area contributed by atoms with E-state index in [1.807, 2.05) is 6.92 Å². The maximum atomic E-state index is 15.4. The van der Waals surface area contributed by atoms with E-state index in [4.69, 9.17) is 18.7 Å². The van der Waals surface area contributed by atoms with E-state index < -0.39 is 160 Å². The molecule has 6 N–H and O–H groups in total. The number of carbonyl (C=O) groups excluding carboxylic acids is 9. The van der Waals surface area contributed by atoms with Crippen LogP contribution in [0.1, 0.15) is 82.3 Å². The molecule has 6 aromatic rings. The monoisotopic (exact) mass is 1380 g/mol. The van der Waals surface area contributed by atoms with E-state index in [0.717, 1.165) is 12.1 Å². The first-order valence-corrected chi connectivity index (χ1v) is 30.3. The number of benzene rings is 3. The van der Waals surface area contributed by atoms with Gasteiger partial charge in [0.05, 0.1) is 71.8 Å². The number of barbiturate groups is 3. The number of nitrogens with zero attached hydrogens (tertiary/aromatic N) is 9. The van der Waals surface area contributed by atoms with Crippen molar-refractivity contribution in [1.82, 2.24) is 62.3 Å². The fraction of sp³-hybridized carbons (Fsp3) is 0.450. The molecular formula is C60H55F8N15O15. The first-order valence-electron chi connectivity index (χ1n) is 30.3. The molecule has 0 saturated carbocycles. The molecule has 9 aliphatic heterocycles. The Balaban J connectivity index is 0.000000132. The van der Waals surface area contributed by atoms with Crippen LogP contribution >= 0.6 is 0 Å². The lowest BCUT2D eigenvalue weighted by Crippen LogP contribution is -2.75. The van der Waals surface area contributed by atoms with Gasteiger partial charge in [-0.05, 0) is 94.6 Å². The predicted octanol–water partition coefficient (Wildman–Crippen LogP) is 4.56. The van der Waals surface area contributed by atoms with Crippen molar-refractivity contribution >= 4 is 70.6 Å². The number of aryl methyl sites for hydroxylation is 1. The van der Waals surface area contributed by atoms with E-state index in [2.05, 4.69) is 71.4 Å². The summed E-state index contributed by atoms with van der Waals surface area (Å²) in [7, 11) is 0. The third kappa shape index (κ3) is 10.7. The number of urea groups is 3. The van der Waals surface area contributed by atoms with Crippen LogP contribution in [0.4, 0.5) is 66.6 Å². The van der Waals surface area contributed by atoms with E-state index >= 15 is 13.2 Å². The largest absolute Gasteiger partial charge is 0.471 e. The van der Waals surface area contributed by atoms with Crippen molar-refractivity contribution in [3.8, 4) is 34.2 Å². The molecule has 3 aromatic carbocycles. The zero-order chi connectivity index (χ0) is 70.3. The highest BCUT2D eigenvalue weighted by atomic mass is 19.4. The Kier molecular flexibility index (Phi) is 16.0. The van der Waals surface area contributed by atoms with Crippen LogP contribution < -0.4 is 46.6 Å². The number of hydrogen-bond acceptors (Lipinski definition) is 24. The molecule has 38 heteroatoms. The molecule has 9 atom stereocenters. The van der Waals surface area contributed by atoms with Gasteiger partial charge in [0.15, 0.2) is 16.2 Å². The second-order valence-electron chi connectivity index (χ2n) is 25.1. The molecule has 12 amide bonds. The molecule has 15 rings (SSSR count). The predicted molar refractivity (Wildman–Crippen MR) is 311 cm³/mol. The van der Waals surface area contributed by atoms with Crippen LogP contribution in [-0.4, -0.2) is 158 Å². The summed E-state index contributed by atoms with van der Waals surface area (Å²) >= 11 is 0. The maximum absolute atomic E-state index is 15.4. The minimum absolute atomic E-state index is 0.0394. The van der Waals surface area contributed by atoms with Gasteiger partial charge in [0, 0.05) is 62.5 Å². The number of ether oxygens (including phenoxy) is 3. The summed E-state index contributed by atoms with van der Waals surface area (Å²) in [5.74, 6) is -9.67. The molecule has 3 spiro atoms. The molecule has 6 saturated heterocycles. The van der Waals surface area contributed by atoms with Crippen molar-refractivity contribution in [2.75, 3.05) is 34.3 Å². The molecule has 0 aliphatic carbocycles. The molecule has 0 bridgehead atoms. The lowest BCUT2D eigenvalue weighted by molar-refractivity contribution is -0.159. The van der Waals surface area contributed by atoms with Gasteiger partial charge in [0.1, 0.15) is 17.5 Å². The summed E-state index contributed by atoms with van der Waals surface area (Å²) in [6, 6.07) is 2.31. The SMILES string of the molecule is C[C@@H]1CN2c3c(F)cc(-c4noc(C(F)(F)F)n4)cc3CC3(C(=O)NC(=O)NC3=O)[C@H]2[C@H](C)O1.C[C@@H]1CN2c3c(F)cc(-c4noc(C(F)F)n4)cc3CC3(C(=O)NC(=O)NC3=O)[C@H]2[C@H](C)O1.Cc1nc(-c2cc(F)c3c(c2)CC2(C(=O)NC(=O)NC2=O)[C@H]2[C@H](C)O[C@H](C)CN32)no1. The van der Waals surface area contributed by atoms with Crippen molar-refractivity contribution in [2.24, 2.45) is 16.2 Å². The highest BCUT2D eigenvalue weighted by molar-refractivity contribution is 6.22. The smallest absolute Gasteiger partial charge is 0.372 e. The zero-order valence-corrected chi connectivity index (χ0v) is 52.2. The second kappa shape index (κ2) is 23.7. The van der Waals surface area contributed by atoms with Crippen LogP contribution in [0.5, 0.6) is 0 Å². The maximum Gasteiger partial charge on any atom is 0.471 e. The number of rotatable bonds is 4. The molecule has 6 fully saturated rings. The molecule has 3 aromatic heterocycles. The van der Waals surface area contributed by atoms with Gasteiger partial charge in [0.2, 0.25) is 58.8 Å².